The number of hydrogen-bond acceptors (Lipinski definition) is 2. The van der Waals surface area contributed by atoms with E-state index >= 15 is 0 Å². The summed E-state index contributed by atoms with van der Waals surface area (Å²) < 4.78 is 4.59. The van der Waals surface area contributed by atoms with Crippen molar-refractivity contribution in [3.8, 4) is 0 Å². The molecule has 0 aromatic rings. The molecular formula is C14H24O2. The van der Waals surface area contributed by atoms with Crippen molar-refractivity contribution < 1.29 is 9.53 Å². The highest BCUT2D eigenvalue weighted by molar-refractivity contribution is 5.68. The summed E-state index contributed by atoms with van der Waals surface area (Å²) in [5.41, 5.74) is 0. The Hall–Kier alpha value is -0.790. The third-order valence-corrected chi connectivity index (χ3v) is 3.29. The molecule has 0 radical (unpaired) electrons. The van der Waals surface area contributed by atoms with Gasteiger partial charge in [0.1, 0.15) is 0 Å². The monoisotopic (exact) mass is 224 g/mol. The van der Waals surface area contributed by atoms with Gasteiger partial charge in [0.05, 0.1) is 7.11 Å². The number of allylic oxidation sites excluding steroid dienone is 2. The Balaban J connectivity index is 1.97. The quantitative estimate of drug-likeness (QED) is 0.389. The Bertz CT molecular complexity index is 215. The van der Waals surface area contributed by atoms with Crippen LogP contribution in [-0.2, 0) is 9.53 Å². The summed E-state index contributed by atoms with van der Waals surface area (Å²) >= 11 is 0. The first-order valence-corrected chi connectivity index (χ1v) is 6.56. The predicted molar refractivity (Wildman–Crippen MR) is 66.2 cm³/mol. The highest BCUT2D eigenvalue weighted by Crippen LogP contribution is 2.24. The van der Waals surface area contributed by atoms with Gasteiger partial charge in [-0.3, -0.25) is 4.79 Å². The highest BCUT2D eigenvalue weighted by atomic mass is 16.5. The molecule has 1 saturated carbocycles. The molecule has 16 heavy (non-hydrogen) atoms. The fourth-order valence-electron chi connectivity index (χ4n) is 2.25. The van der Waals surface area contributed by atoms with E-state index in [1.165, 1.54) is 39.2 Å². The smallest absolute Gasteiger partial charge is 0.305 e. The number of esters is 1. The molecule has 0 unspecified atom stereocenters. The lowest BCUT2D eigenvalue weighted by Gasteiger charge is -2.17. The van der Waals surface area contributed by atoms with Crippen molar-refractivity contribution in [2.45, 2.75) is 57.8 Å². The molecule has 1 rings (SSSR count). The molecule has 0 aliphatic heterocycles. The minimum atomic E-state index is -0.0868. The first-order chi connectivity index (χ1) is 7.83. The summed E-state index contributed by atoms with van der Waals surface area (Å²) in [6.07, 6.45) is 15.4. The second-order valence-electron chi connectivity index (χ2n) is 4.65. The van der Waals surface area contributed by atoms with Gasteiger partial charge < -0.3 is 4.74 Å². The molecule has 0 aromatic carbocycles. The zero-order valence-electron chi connectivity index (χ0n) is 10.4. The van der Waals surface area contributed by atoms with Gasteiger partial charge in [-0.15, -0.1) is 0 Å². The zero-order valence-corrected chi connectivity index (χ0v) is 10.4. The van der Waals surface area contributed by atoms with Crippen molar-refractivity contribution in [1.29, 1.82) is 0 Å². The first kappa shape index (κ1) is 13.3. The van der Waals surface area contributed by atoms with Crippen molar-refractivity contribution in [3.63, 3.8) is 0 Å². The van der Waals surface area contributed by atoms with Crippen molar-refractivity contribution in [1.82, 2.24) is 0 Å². The van der Waals surface area contributed by atoms with Crippen molar-refractivity contribution in [3.05, 3.63) is 12.2 Å². The van der Waals surface area contributed by atoms with Gasteiger partial charge in [-0.2, -0.15) is 0 Å². The minimum absolute atomic E-state index is 0.0868. The molecule has 0 atom stereocenters. The van der Waals surface area contributed by atoms with Crippen LogP contribution < -0.4 is 0 Å². The summed E-state index contributed by atoms with van der Waals surface area (Å²) in [5, 5.41) is 0. The topological polar surface area (TPSA) is 26.3 Å². The number of rotatable bonds is 6. The van der Waals surface area contributed by atoms with Gasteiger partial charge in [0, 0.05) is 6.42 Å². The average Bonchev–Trinajstić information content (AvgIpc) is 2.34. The van der Waals surface area contributed by atoms with Gasteiger partial charge in [0.2, 0.25) is 0 Å². The van der Waals surface area contributed by atoms with E-state index in [2.05, 4.69) is 16.9 Å². The van der Waals surface area contributed by atoms with Crippen LogP contribution in [0.1, 0.15) is 57.8 Å². The van der Waals surface area contributed by atoms with E-state index in [-0.39, 0.29) is 5.97 Å². The molecule has 1 fully saturated rings. The Morgan fingerprint density at radius 2 is 2.00 bits per heavy atom. The van der Waals surface area contributed by atoms with Gasteiger partial charge in [0.25, 0.3) is 0 Å². The van der Waals surface area contributed by atoms with Crippen LogP contribution in [0.25, 0.3) is 0 Å². The predicted octanol–water partition coefficient (Wildman–Crippen LogP) is 3.86. The van der Waals surface area contributed by atoms with Gasteiger partial charge in [-0.1, -0.05) is 31.4 Å². The normalized spacial score (nSPS) is 17.8. The molecule has 0 amide bonds. The fourth-order valence-corrected chi connectivity index (χ4v) is 2.25. The molecule has 0 spiro atoms. The molecule has 0 saturated heterocycles. The maximum absolute atomic E-state index is 10.9. The Labute approximate surface area is 99.1 Å². The SMILES string of the molecule is COC(=O)CCCC/C=C/C1CCCCC1. The average molecular weight is 224 g/mol. The van der Waals surface area contributed by atoms with E-state index in [0.29, 0.717) is 6.42 Å². The van der Waals surface area contributed by atoms with Crippen LogP contribution in [0.5, 0.6) is 0 Å². The van der Waals surface area contributed by atoms with E-state index in [9.17, 15) is 4.79 Å². The van der Waals surface area contributed by atoms with Gasteiger partial charge in [-0.25, -0.2) is 0 Å². The van der Waals surface area contributed by atoms with Crippen LogP contribution >= 0.6 is 0 Å². The van der Waals surface area contributed by atoms with Gasteiger partial charge in [0.15, 0.2) is 0 Å². The molecule has 0 aromatic heterocycles. The number of unbranched alkanes of at least 4 members (excludes halogenated alkanes) is 2. The molecule has 0 heterocycles. The Morgan fingerprint density at radius 1 is 1.25 bits per heavy atom. The minimum Gasteiger partial charge on any atom is -0.469 e. The first-order valence-electron chi connectivity index (χ1n) is 6.56. The van der Waals surface area contributed by atoms with Crippen LogP contribution in [0.3, 0.4) is 0 Å². The third-order valence-electron chi connectivity index (χ3n) is 3.29. The summed E-state index contributed by atoms with van der Waals surface area (Å²) in [4.78, 5) is 10.9. The Morgan fingerprint density at radius 3 is 2.69 bits per heavy atom. The molecule has 92 valence electrons. The van der Waals surface area contributed by atoms with E-state index in [0.717, 1.165) is 25.2 Å². The lowest BCUT2D eigenvalue weighted by atomic mass is 9.89. The lowest BCUT2D eigenvalue weighted by Crippen LogP contribution is -2.02. The maximum atomic E-state index is 10.9. The van der Waals surface area contributed by atoms with Gasteiger partial charge in [-0.05, 0) is 38.0 Å². The zero-order chi connectivity index (χ0) is 11.6. The summed E-state index contributed by atoms with van der Waals surface area (Å²) in [6.45, 7) is 0. The fraction of sp³-hybridized carbons (Fsp3) is 0.786. The number of carbonyl (C=O) groups is 1. The molecule has 1 aliphatic carbocycles. The van der Waals surface area contributed by atoms with Crippen LogP contribution in [0.4, 0.5) is 0 Å². The summed E-state index contributed by atoms with van der Waals surface area (Å²) in [6, 6.07) is 0. The third kappa shape index (κ3) is 5.94. The molecule has 2 nitrogen and oxygen atoms in total. The van der Waals surface area contributed by atoms with Crippen molar-refractivity contribution >= 4 is 5.97 Å². The number of methoxy groups -OCH3 is 1. The second-order valence-corrected chi connectivity index (χ2v) is 4.65. The summed E-state index contributed by atoms with van der Waals surface area (Å²) in [7, 11) is 1.45. The highest BCUT2D eigenvalue weighted by Gasteiger charge is 2.09. The Kier molecular flexibility index (Phi) is 6.95. The van der Waals surface area contributed by atoms with Gasteiger partial charge >= 0.3 is 5.97 Å². The largest absolute Gasteiger partial charge is 0.469 e. The number of carbonyl (C=O) groups excluding carboxylic acids is 1. The van der Waals surface area contributed by atoms with E-state index in [1.54, 1.807) is 0 Å². The summed E-state index contributed by atoms with van der Waals surface area (Å²) in [5.74, 6) is 0.741. The van der Waals surface area contributed by atoms with E-state index in [4.69, 9.17) is 0 Å². The van der Waals surface area contributed by atoms with Crippen molar-refractivity contribution in [2.75, 3.05) is 7.11 Å². The molecular weight excluding hydrogens is 200 g/mol. The number of hydrogen-bond donors (Lipinski definition) is 0. The van der Waals surface area contributed by atoms with Crippen LogP contribution in [-0.4, -0.2) is 13.1 Å². The molecule has 0 N–H and O–H groups in total. The molecule has 0 bridgehead atoms. The van der Waals surface area contributed by atoms with E-state index in [1.807, 2.05) is 0 Å². The lowest BCUT2D eigenvalue weighted by molar-refractivity contribution is -0.140. The van der Waals surface area contributed by atoms with E-state index < -0.39 is 0 Å². The van der Waals surface area contributed by atoms with Crippen LogP contribution in [0, 0.1) is 5.92 Å². The van der Waals surface area contributed by atoms with Crippen LogP contribution in [0.2, 0.25) is 0 Å². The standard InChI is InChI=1S/C14H24O2/c1-16-14(15)12-8-3-2-5-9-13-10-6-4-7-11-13/h5,9,13H,2-4,6-8,10-12H2,1H3/b9-5+. The number of ether oxygens (including phenoxy) is 1. The molecule has 2 heteroatoms. The maximum Gasteiger partial charge on any atom is 0.305 e. The van der Waals surface area contributed by atoms with Crippen molar-refractivity contribution in [2.24, 2.45) is 5.92 Å². The second kappa shape index (κ2) is 8.37. The van der Waals surface area contributed by atoms with Crippen LogP contribution in [0.15, 0.2) is 12.2 Å². The molecule has 1 aliphatic rings.